The van der Waals surface area contributed by atoms with E-state index in [0.29, 0.717) is 12.2 Å². The van der Waals surface area contributed by atoms with Gasteiger partial charge in [0, 0.05) is 0 Å². The second-order valence-electron chi connectivity index (χ2n) is 5.97. The van der Waals surface area contributed by atoms with E-state index < -0.39 is 21.5 Å². The molecular weight excluding hydrogens is 290 g/mol. The van der Waals surface area contributed by atoms with Gasteiger partial charge in [-0.2, -0.15) is 0 Å². The second-order valence-corrected chi connectivity index (χ2v) is 8.15. The quantitative estimate of drug-likeness (QED) is 0.913. The number of amides is 1. The number of hydrogen-bond acceptors (Lipinski definition) is 4. The van der Waals surface area contributed by atoms with Crippen molar-refractivity contribution in [2.24, 2.45) is 0 Å². The summed E-state index contributed by atoms with van der Waals surface area (Å²) < 4.78 is 28.7. The Morgan fingerprint density at radius 3 is 2.71 bits per heavy atom. The molecule has 1 aliphatic rings. The van der Waals surface area contributed by atoms with Gasteiger partial charge in [-0.3, -0.25) is 4.79 Å². The maximum atomic E-state index is 12.2. The molecule has 1 aromatic rings. The van der Waals surface area contributed by atoms with Gasteiger partial charge in [-0.1, -0.05) is 12.1 Å². The van der Waals surface area contributed by atoms with Gasteiger partial charge < -0.3 is 10.1 Å². The molecule has 1 fully saturated rings. The zero-order valence-electron chi connectivity index (χ0n) is 12.5. The molecule has 0 unspecified atom stereocenters. The monoisotopic (exact) mass is 311 g/mol. The van der Waals surface area contributed by atoms with Gasteiger partial charge in [0.2, 0.25) is 0 Å². The summed E-state index contributed by atoms with van der Waals surface area (Å²) in [6.45, 7) is 5.36. The summed E-state index contributed by atoms with van der Waals surface area (Å²) in [4.78, 5) is 12.2. The highest BCUT2D eigenvalue weighted by Gasteiger charge is 2.40. The van der Waals surface area contributed by atoms with Crippen LogP contribution in [0, 0.1) is 6.92 Å². The van der Waals surface area contributed by atoms with Gasteiger partial charge in [-0.15, -0.1) is 0 Å². The summed E-state index contributed by atoms with van der Waals surface area (Å²) >= 11 is 0. The number of ether oxygens (including phenoxy) is 1. The third-order valence-corrected chi connectivity index (χ3v) is 5.50. The van der Waals surface area contributed by atoms with Crippen molar-refractivity contribution < 1.29 is 17.9 Å². The molecule has 21 heavy (non-hydrogen) atoms. The van der Waals surface area contributed by atoms with E-state index in [9.17, 15) is 13.2 Å². The number of carbonyl (C=O) groups is 1. The lowest BCUT2D eigenvalue weighted by Gasteiger charge is -2.26. The number of sulfone groups is 1. The van der Waals surface area contributed by atoms with Crippen molar-refractivity contribution in [3.8, 4) is 5.75 Å². The van der Waals surface area contributed by atoms with E-state index in [1.165, 1.54) is 0 Å². The smallest absolute Gasteiger partial charge is 0.261 e. The third-order valence-electron chi connectivity index (χ3n) is 3.60. The normalized spacial score (nSPS) is 25.3. The van der Waals surface area contributed by atoms with E-state index in [2.05, 4.69) is 5.32 Å². The molecule has 0 bridgehead atoms. The van der Waals surface area contributed by atoms with E-state index in [-0.39, 0.29) is 17.4 Å². The largest absolute Gasteiger partial charge is 0.481 e. The van der Waals surface area contributed by atoms with Crippen molar-refractivity contribution in [1.29, 1.82) is 0 Å². The molecule has 1 saturated heterocycles. The van der Waals surface area contributed by atoms with Crippen LogP contribution in [0.5, 0.6) is 5.75 Å². The highest BCUT2D eigenvalue weighted by atomic mass is 32.2. The van der Waals surface area contributed by atoms with E-state index in [0.717, 1.165) is 5.56 Å². The Morgan fingerprint density at radius 1 is 1.43 bits per heavy atom. The van der Waals surface area contributed by atoms with Crippen LogP contribution in [-0.2, 0) is 14.6 Å². The predicted molar refractivity (Wildman–Crippen MR) is 81.1 cm³/mol. The highest BCUT2D eigenvalue weighted by Crippen LogP contribution is 2.23. The Kier molecular flexibility index (Phi) is 4.27. The summed E-state index contributed by atoms with van der Waals surface area (Å²) in [5.74, 6) is 0.442. The Bertz CT molecular complexity index is 641. The molecule has 0 spiro atoms. The average molecular weight is 311 g/mol. The second kappa shape index (κ2) is 5.67. The van der Waals surface area contributed by atoms with Crippen LogP contribution in [0.15, 0.2) is 24.3 Å². The lowest BCUT2D eigenvalue weighted by molar-refractivity contribution is -0.128. The van der Waals surface area contributed by atoms with Crippen LogP contribution in [0.25, 0.3) is 0 Å². The van der Waals surface area contributed by atoms with Crippen molar-refractivity contribution in [2.75, 3.05) is 11.5 Å². The maximum absolute atomic E-state index is 12.2. The maximum Gasteiger partial charge on any atom is 0.261 e. The molecule has 1 aliphatic heterocycles. The van der Waals surface area contributed by atoms with E-state index in [1.54, 1.807) is 19.9 Å². The molecular formula is C15H21NO4S. The van der Waals surface area contributed by atoms with E-state index in [1.807, 2.05) is 25.1 Å². The van der Waals surface area contributed by atoms with Crippen molar-refractivity contribution in [2.45, 2.75) is 38.8 Å². The number of aryl methyl sites for hydroxylation is 1. The summed E-state index contributed by atoms with van der Waals surface area (Å²) in [7, 11) is -3.05. The number of hydrogen-bond donors (Lipinski definition) is 1. The van der Waals surface area contributed by atoms with E-state index >= 15 is 0 Å². The fraction of sp³-hybridized carbons (Fsp3) is 0.533. The Hall–Kier alpha value is -1.56. The summed E-state index contributed by atoms with van der Waals surface area (Å²) in [6.07, 6.45) is -0.231. The number of carbonyl (C=O) groups excluding carboxylic acids is 1. The lowest BCUT2D eigenvalue weighted by Crippen LogP contribution is -2.51. The summed E-state index contributed by atoms with van der Waals surface area (Å²) in [5.41, 5.74) is 0.356. The zero-order valence-corrected chi connectivity index (χ0v) is 13.4. The molecule has 6 heteroatoms. The first-order valence-electron chi connectivity index (χ1n) is 6.95. The predicted octanol–water partition coefficient (Wildman–Crippen LogP) is 1.46. The topological polar surface area (TPSA) is 72.5 Å². The van der Waals surface area contributed by atoms with Crippen LogP contribution >= 0.6 is 0 Å². The first-order valence-corrected chi connectivity index (χ1v) is 8.77. The molecule has 0 aliphatic carbocycles. The Labute approximate surface area is 125 Å². The van der Waals surface area contributed by atoms with Crippen molar-refractivity contribution in [3.05, 3.63) is 29.8 Å². The molecule has 116 valence electrons. The number of rotatable bonds is 4. The van der Waals surface area contributed by atoms with Crippen molar-refractivity contribution in [1.82, 2.24) is 5.32 Å². The molecule has 0 saturated carbocycles. The average Bonchev–Trinajstić information content (AvgIpc) is 2.63. The first kappa shape index (κ1) is 15.8. The van der Waals surface area contributed by atoms with Crippen LogP contribution in [0.4, 0.5) is 0 Å². The van der Waals surface area contributed by atoms with Gasteiger partial charge in [-0.05, 0) is 44.9 Å². The number of benzene rings is 1. The van der Waals surface area contributed by atoms with Crippen LogP contribution in [0.2, 0.25) is 0 Å². The standard InChI is InChI=1S/C15H21NO4S/c1-11-5-4-6-13(9-11)20-12(2)14(17)16-15(3)7-8-21(18,19)10-15/h4-6,9,12H,7-8,10H2,1-3H3,(H,16,17)/t12-,15-/m1/s1. The van der Waals surface area contributed by atoms with E-state index in [4.69, 9.17) is 4.74 Å². The Balaban J connectivity index is 1.97. The van der Waals surface area contributed by atoms with Gasteiger partial charge in [0.05, 0.1) is 17.0 Å². The minimum Gasteiger partial charge on any atom is -0.481 e. The van der Waals surface area contributed by atoms with Gasteiger partial charge in [0.15, 0.2) is 15.9 Å². The van der Waals surface area contributed by atoms with Crippen molar-refractivity contribution in [3.63, 3.8) is 0 Å². The molecule has 0 radical (unpaired) electrons. The Morgan fingerprint density at radius 2 is 2.14 bits per heavy atom. The highest BCUT2D eigenvalue weighted by molar-refractivity contribution is 7.91. The van der Waals surface area contributed by atoms with Crippen LogP contribution in [0.1, 0.15) is 25.8 Å². The van der Waals surface area contributed by atoms with Crippen LogP contribution in [0.3, 0.4) is 0 Å². The van der Waals surface area contributed by atoms with Crippen LogP contribution < -0.4 is 10.1 Å². The number of nitrogens with one attached hydrogen (secondary N) is 1. The zero-order chi connectivity index (χ0) is 15.7. The molecule has 5 nitrogen and oxygen atoms in total. The van der Waals surface area contributed by atoms with Gasteiger partial charge in [-0.25, -0.2) is 8.42 Å². The minimum absolute atomic E-state index is 0.0110. The van der Waals surface area contributed by atoms with Crippen molar-refractivity contribution >= 4 is 15.7 Å². The minimum atomic E-state index is -3.05. The molecule has 1 heterocycles. The van der Waals surface area contributed by atoms with Gasteiger partial charge in [0.25, 0.3) is 5.91 Å². The third kappa shape index (κ3) is 4.20. The lowest BCUT2D eigenvalue weighted by atomic mass is 10.0. The molecule has 0 aromatic heterocycles. The van der Waals surface area contributed by atoms with Crippen LogP contribution in [-0.4, -0.2) is 37.5 Å². The molecule has 2 atom stereocenters. The van der Waals surface area contributed by atoms with Gasteiger partial charge >= 0.3 is 0 Å². The molecule has 2 rings (SSSR count). The molecule has 1 N–H and O–H groups in total. The first-order chi connectivity index (χ1) is 9.69. The summed E-state index contributed by atoms with van der Waals surface area (Å²) in [5, 5.41) is 2.80. The fourth-order valence-corrected chi connectivity index (χ4v) is 4.55. The summed E-state index contributed by atoms with van der Waals surface area (Å²) in [6, 6.07) is 7.45. The van der Waals surface area contributed by atoms with Gasteiger partial charge in [0.1, 0.15) is 5.75 Å². The SMILES string of the molecule is Cc1cccc(O[C@H](C)C(=O)N[C@]2(C)CCS(=O)(=O)C2)c1. The molecule has 1 aromatic carbocycles. The fourth-order valence-electron chi connectivity index (χ4n) is 2.45. The molecule has 1 amide bonds.